The molecule has 0 aliphatic carbocycles. The molecule has 3 aromatic heterocycles. The van der Waals surface area contributed by atoms with Gasteiger partial charge in [-0.1, -0.05) is 17.3 Å². The number of carbonyl (C=O) groups excluding carboxylic acids is 2. The van der Waals surface area contributed by atoms with E-state index in [0.717, 1.165) is 21.6 Å². The van der Waals surface area contributed by atoms with Crippen molar-refractivity contribution in [3.8, 4) is 10.6 Å². The van der Waals surface area contributed by atoms with Crippen molar-refractivity contribution in [1.29, 1.82) is 0 Å². The highest BCUT2D eigenvalue weighted by Crippen LogP contribution is 2.29. The molecule has 0 fully saturated rings. The second-order valence-electron chi connectivity index (χ2n) is 7.23. The fourth-order valence-electron chi connectivity index (χ4n) is 3.35. The molecule has 0 saturated heterocycles. The predicted molar refractivity (Wildman–Crippen MR) is 115 cm³/mol. The Balaban J connectivity index is 1.63. The van der Waals surface area contributed by atoms with Gasteiger partial charge in [-0.3, -0.25) is 4.79 Å². The van der Waals surface area contributed by atoms with Crippen molar-refractivity contribution >= 4 is 34.2 Å². The average molecular weight is 420 g/mol. The smallest absolute Gasteiger partial charge is 0.339 e. The van der Waals surface area contributed by atoms with Crippen LogP contribution in [-0.4, -0.2) is 28.5 Å². The molecule has 0 aliphatic heterocycles. The molecule has 0 unspecified atom stereocenters. The lowest BCUT2D eigenvalue weighted by Gasteiger charge is -2.10. The van der Waals surface area contributed by atoms with E-state index in [4.69, 9.17) is 9.26 Å². The molecular formula is C23H20N2O4S. The number of rotatable bonds is 5. The monoisotopic (exact) mass is 420 g/mol. The number of hydrogen-bond donors (Lipinski definition) is 0. The molecule has 0 saturated carbocycles. The Hall–Kier alpha value is -3.32. The van der Waals surface area contributed by atoms with Crippen LogP contribution in [0.25, 0.3) is 21.7 Å². The molecule has 4 rings (SSSR count). The molecule has 30 heavy (non-hydrogen) atoms. The van der Waals surface area contributed by atoms with E-state index in [0.29, 0.717) is 22.3 Å². The first kappa shape index (κ1) is 20.0. The van der Waals surface area contributed by atoms with E-state index in [1.165, 1.54) is 11.3 Å². The molecule has 0 amide bonds. The minimum atomic E-state index is -0.610. The van der Waals surface area contributed by atoms with Crippen molar-refractivity contribution in [2.45, 2.75) is 27.7 Å². The quantitative estimate of drug-likeness (QED) is 0.325. The summed E-state index contributed by atoms with van der Waals surface area (Å²) in [5, 5.41) is 6.35. The zero-order chi connectivity index (χ0) is 21.4. The van der Waals surface area contributed by atoms with Crippen LogP contribution in [0.1, 0.15) is 43.1 Å². The number of ketones is 1. The fraction of sp³-hybridized carbons (Fsp3) is 0.217. The SMILES string of the molecule is Cc1cc(C)c(C(=O)COC(=O)c2cc(-c3cccs3)nc3onc(C)c23)cc1C. The maximum absolute atomic E-state index is 12.9. The standard InChI is InChI=1S/C23H20N2O4S/c1-12-8-14(3)16(9-13(12)2)19(26)11-28-23(27)17-10-18(20-6-5-7-30-20)24-22-21(17)15(4)25-29-22/h5-10H,11H2,1-4H3. The first-order valence-corrected chi connectivity index (χ1v) is 10.3. The summed E-state index contributed by atoms with van der Waals surface area (Å²) < 4.78 is 10.7. The van der Waals surface area contributed by atoms with Crippen LogP contribution in [0.15, 0.2) is 40.2 Å². The summed E-state index contributed by atoms with van der Waals surface area (Å²) in [6, 6.07) is 9.27. The van der Waals surface area contributed by atoms with Gasteiger partial charge in [0.1, 0.15) is 0 Å². The molecule has 0 bridgehead atoms. The van der Waals surface area contributed by atoms with Crippen molar-refractivity contribution in [3.05, 3.63) is 69.2 Å². The average Bonchev–Trinajstić information content (AvgIpc) is 3.38. The second-order valence-corrected chi connectivity index (χ2v) is 8.18. The van der Waals surface area contributed by atoms with E-state index in [2.05, 4.69) is 10.1 Å². The molecule has 0 aliphatic rings. The number of carbonyl (C=O) groups is 2. The third-order valence-electron chi connectivity index (χ3n) is 5.09. The van der Waals surface area contributed by atoms with Crippen molar-refractivity contribution in [3.63, 3.8) is 0 Å². The summed E-state index contributed by atoms with van der Waals surface area (Å²) in [5.74, 6) is -0.851. The summed E-state index contributed by atoms with van der Waals surface area (Å²) in [6.07, 6.45) is 0. The minimum absolute atomic E-state index is 0.241. The van der Waals surface area contributed by atoms with E-state index in [1.807, 2.05) is 50.4 Å². The van der Waals surface area contributed by atoms with Crippen LogP contribution in [0, 0.1) is 27.7 Å². The molecule has 152 valence electrons. The van der Waals surface area contributed by atoms with E-state index < -0.39 is 5.97 Å². The lowest BCUT2D eigenvalue weighted by Crippen LogP contribution is -2.16. The predicted octanol–water partition coefficient (Wildman–Crippen LogP) is 5.22. The van der Waals surface area contributed by atoms with E-state index >= 15 is 0 Å². The molecule has 0 atom stereocenters. The number of aryl methyl sites for hydroxylation is 4. The molecule has 4 aromatic rings. The molecule has 0 spiro atoms. The largest absolute Gasteiger partial charge is 0.454 e. The summed E-state index contributed by atoms with van der Waals surface area (Å²) >= 11 is 1.50. The van der Waals surface area contributed by atoms with Gasteiger partial charge in [-0.05, 0) is 68.0 Å². The van der Waals surface area contributed by atoms with Crippen molar-refractivity contribution in [2.24, 2.45) is 0 Å². The number of fused-ring (bicyclic) bond motifs is 1. The molecule has 3 heterocycles. The summed E-state index contributed by atoms with van der Waals surface area (Å²) in [4.78, 5) is 30.9. The van der Waals surface area contributed by atoms with E-state index in [-0.39, 0.29) is 23.7 Å². The number of hydrogen-bond acceptors (Lipinski definition) is 7. The Morgan fingerprint density at radius 2 is 1.80 bits per heavy atom. The lowest BCUT2D eigenvalue weighted by atomic mass is 9.98. The van der Waals surface area contributed by atoms with Crippen LogP contribution in [0.4, 0.5) is 0 Å². The summed E-state index contributed by atoms with van der Waals surface area (Å²) in [7, 11) is 0. The number of thiophene rings is 1. The fourth-order valence-corrected chi connectivity index (χ4v) is 4.04. The van der Waals surface area contributed by atoms with Crippen LogP contribution >= 0.6 is 11.3 Å². The van der Waals surface area contributed by atoms with Crippen LogP contribution < -0.4 is 0 Å². The van der Waals surface area contributed by atoms with Crippen LogP contribution in [0.5, 0.6) is 0 Å². The highest BCUT2D eigenvalue weighted by Gasteiger charge is 2.22. The zero-order valence-electron chi connectivity index (χ0n) is 17.1. The Bertz CT molecular complexity index is 1270. The van der Waals surface area contributed by atoms with Crippen LogP contribution in [0.2, 0.25) is 0 Å². The first-order valence-electron chi connectivity index (χ1n) is 9.44. The highest BCUT2D eigenvalue weighted by atomic mass is 32.1. The Morgan fingerprint density at radius 1 is 1.03 bits per heavy atom. The molecule has 0 radical (unpaired) electrons. The van der Waals surface area contributed by atoms with Gasteiger partial charge in [0.25, 0.3) is 5.71 Å². The van der Waals surface area contributed by atoms with Gasteiger partial charge in [0.2, 0.25) is 5.78 Å². The van der Waals surface area contributed by atoms with Gasteiger partial charge in [-0.2, -0.15) is 0 Å². The Labute approximate surface area is 177 Å². The summed E-state index contributed by atoms with van der Waals surface area (Å²) in [6.45, 7) is 7.22. The second kappa shape index (κ2) is 7.84. The van der Waals surface area contributed by atoms with Gasteiger partial charge in [-0.25, -0.2) is 9.78 Å². The number of nitrogens with zero attached hydrogens (tertiary/aromatic N) is 2. The van der Waals surface area contributed by atoms with Crippen molar-refractivity contribution in [1.82, 2.24) is 10.1 Å². The van der Waals surface area contributed by atoms with E-state index in [9.17, 15) is 9.59 Å². The molecule has 0 N–H and O–H groups in total. The third-order valence-corrected chi connectivity index (χ3v) is 5.98. The van der Waals surface area contributed by atoms with Gasteiger partial charge < -0.3 is 9.26 Å². The van der Waals surface area contributed by atoms with Gasteiger partial charge in [0, 0.05) is 5.56 Å². The number of aromatic nitrogens is 2. The summed E-state index contributed by atoms with van der Waals surface area (Å²) in [5.41, 5.74) is 5.24. The first-order chi connectivity index (χ1) is 14.3. The van der Waals surface area contributed by atoms with Gasteiger partial charge in [0.15, 0.2) is 6.61 Å². The molecule has 7 heteroatoms. The topological polar surface area (TPSA) is 82.3 Å². The number of Topliss-reactive ketones (excluding diaryl/α,β-unsaturated/α-hetero) is 1. The van der Waals surface area contributed by atoms with Crippen LogP contribution in [-0.2, 0) is 4.74 Å². The van der Waals surface area contributed by atoms with Crippen LogP contribution in [0.3, 0.4) is 0 Å². The zero-order valence-corrected chi connectivity index (χ0v) is 17.9. The maximum Gasteiger partial charge on any atom is 0.339 e. The number of esters is 1. The molecule has 6 nitrogen and oxygen atoms in total. The highest BCUT2D eigenvalue weighted by molar-refractivity contribution is 7.13. The minimum Gasteiger partial charge on any atom is -0.454 e. The van der Waals surface area contributed by atoms with Gasteiger partial charge in [0.05, 0.1) is 27.2 Å². The molecular weight excluding hydrogens is 400 g/mol. The maximum atomic E-state index is 12.9. The van der Waals surface area contributed by atoms with E-state index in [1.54, 1.807) is 13.0 Å². The normalized spacial score (nSPS) is 11.1. The number of benzene rings is 1. The number of pyridine rings is 1. The Morgan fingerprint density at radius 3 is 2.53 bits per heavy atom. The lowest BCUT2D eigenvalue weighted by molar-refractivity contribution is 0.0476. The van der Waals surface area contributed by atoms with Gasteiger partial charge in [-0.15, -0.1) is 11.3 Å². The van der Waals surface area contributed by atoms with Crippen molar-refractivity contribution < 1.29 is 18.8 Å². The molecule has 1 aromatic carbocycles. The number of ether oxygens (including phenoxy) is 1. The Kier molecular flexibility index (Phi) is 5.22. The van der Waals surface area contributed by atoms with Crippen molar-refractivity contribution in [2.75, 3.05) is 6.61 Å². The van der Waals surface area contributed by atoms with Gasteiger partial charge >= 0.3 is 5.97 Å². The third kappa shape index (κ3) is 3.64.